The third kappa shape index (κ3) is 1.59. The van der Waals surface area contributed by atoms with Crippen molar-refractivity contribution in [3.63, 3.8) is 0 Å². The maximum atomic E-state index is 5.75. The first-order chi connectivity index (χ1) is 6.38. The van der Waals surface area contributed by atoms with Crippen molar-refractivity contribution >= 4 is 11.4 Å². The van der Waals surface area contributed by atoms with Crippen molar-refractivity contribution in [3.05, 3.63) is 36.2 Å². The quantitative estimate of drug-likeness (QED) is 0.694. The van der Waals surface area contributed by atoms with E-state index in [9.17, 15) is 0 Å². The van der Waals surface area contributed by atoms with Gasteiger partial charge in [-0.1, -0.05) is 12.1 Å². The predicted octanol–water partition coefficient (Wildman–Crippen LogP) is 1.23. The highest BCUT2D eigenvalue weighted by Crippen LogP contribution is 2.15. The Bertz CT molecular complexity index is 352. The van der Waals surface area contributed by atoms with E-state index in [4.69, 9.17) is 5.73 Å². The maximum absolute atomic E-state index is 5.75. The van der Waals surface area contributed by atoms with Crippen molar-refractivity contribution in [1.82, 2.24) is 4.98 Å². The molecule has 3 nitrogen and oxygen atoms in total. The average molecular weight is 173 g/mol. The Hall–Kier alpha value is -1.64. The molecular weight excluding hydrogens is 162 g/mol. The van der Waals surface area contributed by atoms with E-state index in [0.29, 0.717) is 5.84 Å². The Kier molecular flexibility index (Phi) is 2.08. The van der Waals surface area contributed by atoms with Crippen molar-refractivity contribution in [1.29, 1.82) is 0 Å². The molecule has 1 aromatic rings. The lowest BCUT2D eigenvalue weighted by Crippen LogP contribution is -2.18. The molecule has 1 aliphatic rings. The van der Waals surface area contributed by atoms with Crippen molar-refractivity contribution in [2.45, 2.75) is 6.42 Å². The summed E-state index contributed by atoms with van der Waals surface area (Å²) < 4.78 is 0. The summed E-state index contributed by atoms with van der Waals surface area (Å²) in [5.74, 6) is 0.602. The number of aromatic nitrogens is 1. The molecule has 0 saturated heterocycles. The van der Waals surface area contributed by atoms with Crippen LogP contribution in [0, 0.1) is 0 Å². The zero-order chi connectivity index (χ0) is 9.10. The van der Waals surface area contributed by atoms with Crippen LogP contribution in [-0.4, -0.2) is 17.4 Å². The Morgan fingerprint density at radius 2 is 2.23 bits per heavy atom. The molecule has 0 aromatic carbocycles. The zero-order valence-corrected chi connectivity index (χ0v) is 7.27. The lowest BCUT2D eigenvalue weighted by atomic mass is 10.1. The van der Waals surface area contributed by atoms with Gasteiger partial charge in [0.05, 0.1) is 5.69 Å². The Morgan fingerprint density at radius 3 is 2.92 bits per heavy atom. The van der Waals surface area contributed by atoms with Crippen LogP contribution in [0.5, 0.6) is 0 Å². The highest BCUT2D eigenvalue weighted by molar-refractivity contribution is 6.21. The van der Waals surface area contributed by atoms with Crippen LogP contribution < -0.4 is 5.73 Å². The molecule has 1 aliphatic heterocycles. The van der Waals surface area contributed by atoms with Gasteiger partial charge in [-0.2, -0.15) is 0 Å². The van der Waals surface area contributed by atoms with Crippen molar-refractivity contribution in [2.75, 3.05) is 6.54 Å². The molecule has 0 atom stereocenters. The third-order valence-electron chi connectivity index (χ3n) is 1.98. The second-order valence-corrected chi connectivity index (χ2v) is 2.89. The molecule has 0 bridgehead atoms. The summed E-state index contributed by atoms with van der Waals surface area (Å²) in [6.45, 7) is 0.794. The number of nitrogens with two attached hydrogens (primary N) is 1. The molecule has 3 heteroatoms. The maximum Gasteiger partial charge on any atom is 0.127 e. The van der Waals surface area contributed by atoms with E-state index < -0.39 is 0 Å². The summed E-state index contributed by atoms with van der Waals surface area (Å²) in [5, 5.41) is 0. The first-order valence-corrected chi connectivity index (χ1v) is 4.30. The van der Waals surface area contributed by atoms with Crippen LogP contribution >= 0.6 is 0 Å². The minimum absolute atomic E-state index is 0.602. The minimum Gasteiger partial charge on any atom is -0.383 e. The molecule has 0 radical (unpaired) electrons. The van der Waals surface area contributed by atoms with E-state index in [1.165, 1.54) is 0 Å². The largest absolute Gasteiger partial charge is 0.383 e. The van der Waals surface area contributed by atoms with E-state index in [1.54, 1.807) is 6.20 Å². The molecule has 66 valence electrons. The monoisotopic (exact) mass is 173 g/mol. The second kappa shape index (κ2) is 3.39. The van der Waals surface area contributed by atoms with Gasteiger partial charge in [0.15, 0.2) is 0 Å². The Balaban J connectivity index is 2.37. The molecule has 0 aliphatic carbocycles. The number of hydrogen-bond donors (Lipinski definition) is 1. The molecule has 2 heterocycles. The highest BCUT2D eigenvalue weighted by Gasteiger charge is 2.09. The molecule has 0 spiro atoms. The van der Waals surface area contributed by atoms with Crippen LogP contribution in [0.2, 0.25) is 0 Å². The SMILES string of the molecule is NC1=NCCC=C1c1ccccn1. The molecular formula is C10H11N3. The third-order valence-corrected chi connectivity index (χ3v) is 1.98. The summed E-state index contributed by atoms with van der Waals surface area (Å²) in [4.78, 5) is 8.40. The van der Waals surface area contributed by atoms with Crippen molar-refractivity contribution in [2.24, 2.45) is 10.7 Å². The second-order valence-electron chi connectivity index (χ2n) is 2.89. The van der Waals surface area contributed by atoms with E-state index >= 15 is 0 Å². The van der Waals surface area contributed by atoms with Crippen molar-refractivity contribution < 1.29 is 0 Å². The summed E-state index contributed by atoms with van der Waals surface area (Å²) >= 11 is 0. The number of dihydropyridines is 1. The lowest BCUT2D eigenvalue weighted by Gasteiger charge is -2.10. The molecule has 2 N–H and O–H groups in total. The topological polar surface area (TPSA) is 51.3 Å². The van der Waals surface area contributed by atoms with Crippen LogP contribution in [0.25, 0.3) is 5.57 Å². The van der Waals surface area contributed by atoms with Gasteiger partial charge in [-0.3, -0.25) is 9.98 Å². The number of amidine groups is 1. The molecule has 0 amide bonds. The van der Waals surface area contributed by atoms with E-state index in [-0.39, 0.29) is 0 Å². The van der Waals surface area contributed by atoms with Gasteiger partial charge in [0, 0.05) is 18.3 Å². The van der Waals surface area contributed by atoms with E-state index in [2.05, 4.69) is 16.1 Å². The first kappa shape index (κ1) is 7.98. The highest BCUT2D eigenvalue weighted by atomic mass is 14.9. The minimum atomic E-state index is 0.602. The van der Waals surface area contributed by atoms with Gasteiger partial charge in [0.2, 0.25) is 0 Å². The molecule has 0 unspecified atom stereocenters. The standard InChI is InChI=1S/C10H11N3/c11-10-8(4-3-7-13-10)9-5-1-2-6-12-9/h1-2,4-6H,3,7H2,(H2,11,13). The van der Waals surface area contributed by atoms with Gasteiger partial charge in [0.1, 0.15) is 5.84 Å². The van der Waals surface area contributed by atoms with Gasteiger partial charge in [-0.05, 0) is 18.6 Å². The normalized spacial score (nSPS) is 16.3. The molecule has 0 fully saturated rings. The Morgan fingerprint density at radius 1 is 1.31 bits per heavy atom. The Labute approximate surface area is 77.0 Å². The van der Waals surface area contributed by atoms with Crippen LogP contribution in [0.1, 0.15) is 12.1 Å². The summed E-state index contributed by atoms with van der Waals surface area (Å²) in [6, 6.07) is 5.78. The van der Waals surface area contributed by atoms with Crippen LogP contribution in [0.4, 0.5) is 0 Å². The number of pyridine rings is 1. The zero-order valence-electron chi connectivity index (χ0n) is 7.27. The fourth-order valence-corrected chi connectivity index (χ4v) is 1.34. The first-order valence-electron chi connectivity index (χ1n) is 4.30. The fraction of sp³-hybridized carbons (Fsp3) is 0.200. The van der Waals surface area contributed by atoms with Crippen molar-refractivity contribution in [3.8, 4) is 0 Å². The van der Waals surface area contributed by atoms with Crippen LogP contribution in [0.3, 0.4) is 0 Å². The van der Waals surface area contributed by atoms with E-state index in [1.807, 2.05) is 18.2 Å². The smallest absolute Gasteiger partial charge is 0.127 e. The molecule has 1 aromatic heterocycles. The summed E-state index contributed by atoms with van der Waals surface area (Å²) in [5.41, 5.74) is 7.62. The van der Waals surface area contributed by atoms with Crippen LogP contribution in [0.15, 0.2) is 35.5 Å². The summed E-state index contributed by atoms with van der Waals surface area (Å²) in [6.07, 6.45) is 4.80. The van der Waals surface area contributed by atoms with Crippen LogP contribution in [-0.2, 0) is 0 Å². The van der Waals surface area contributed by atoms with E-state index in [0.717, 1.165) is 24.2 Å². The van der Waals surface area contributed by atoms with Gasteiger partial charge in [-0.25, -0.2) is 0 Å². The number of hydrogen-bond acceptors (Lipinski definition) is 3. The van der Waals surface area contributed by atoms with Gasteiger partial charge in [-0.15, -0.1) is 0 Å². The van der Waals surface area contributed by atoms with Gasteiger partial charge >= 0.3 is 0 Å². The van der Waals surface area contributed by atoms with Gasteiger partial charge in [0.25, 0.3) is 0 Å². The molecule has 13 heavy (non-hydrogen) atoms. The number of nitrogens with zero attached hydrogens (tertiary/aromatic N) is 2. The lowest BCUT2D eigenvalue weighted by molar-refractivity contribution is 0.990. The number of rotatable bonds is 1. The molecule has 2 rings (SSSR count). The van der Waals surface area contributed by atoms with Gasteiger partial charge < -0.3 is 5.73 Å². The number of aliphatic imine (C=N–C) groups is 1. The average Bonchev–Trinajstić information content (AvgIpc) is 2.20. The summed E-state index contributed by atoms with van der Waals surface area (Å²) in [7, 11) is 0. The molecule has 0 saturated carbocycles. The predicted molar refractivity (Wildman–Crippen MR) is 53.3 cm³/mol. The fourth-order valence-electron chi connectivity index (χ4n) is 1.34.